The smallest absolute Gasteiger partial charge is 0.295 e. The van der Waals surface area contributed by atoms with Crippen molar-refractivity contribution < 1.29 is 17.7 Å². The molecule has 1 N–H and O–H groups in total. The summed E-state index contributed by atoms with van der Waals surface area (Å²) < 4.78 is 41.3. The monoisotopic (exact) mass is 486 g/mol. The summed E-state index contributed by atoms with van der Waals surface area (Å²) in [7, 11) is -4.45. The number of rotatable bonds is 9. The van der Waals surface area contributed by atoms with Gasteiger partial charge in [-0.05, 0) is 73.6 Å². The van der Waals surface area contributed by atoms with Crippen LogP contribution in [0.15, 0.2) is 95.9 Å². The van der Waals surface area contributed by atoms with Gasteiger partial charge in [-0.3, -0.25) is 4.55 Å². The molecule has 0 aliphatic carbocycles. The summed E-state index contributed by atoms with van der Waals surface area (Å²) in [6.07, 6.45) is 2.39. The summed E-state index contributed by atoms with van der Waals surface area (Å²) in [6, 6.07) is 29.1. The Morgan fingerprint density at radius 2 is 1.43 bits per heavy atom. The topological polar surface area (TPSA) is 63.6 Å². The fraction of sp³-hybridized carbons (Fsp3) is 0.200. The first-order valence-electron chi connectivity index (χ1n) is 11.7. The molecule has 0 bridgehead atoms. The molecule has 4 rings (SSSR count). The van der Waals surface area contributed by atoms with E-state index in [0.717, 1.165) is 35.1 Å². The van der Waals surface area contributed by atoms with Gasteiger partial charge < -0.3 is 4.74 Å². The van der Waals surface area contributed by atoms with Crippen LogP contribution in [0.2, 0.25) is 0 Å². The third-order valence-electron chi connectivity index (χ3n) is 6.16. The highest BCUT2D eigenvalue weighted by Gasteiger charge is 2.24. The lowest BCUT2D eigenvalue weighted by atomic mass is 9.90. The van der Waals surface area contributed by atoms with Gasteiger partial charge in [0.15, 0.2) is 0 Å². The van der Waals surface area contributed by atoms with Gasteiger partial charge >= 0.3 is 0 Å². The number of aryl methyl sites for hydroxylation is 3. The molecule has 0 spiro atoms. The average Bonchev–Trinajstić information content (AvgIpc) is 2.84. The minimum Gasteiger partial charge on any atom is -0.488 e. The van der Waals surface area contributed by atoms with Gasteiger partial charge in [0.25, 0.3) is 10.1 Å². The molecule has 4 nitrogen and oxygen atoms in total. The molecule has 0 unspecified atom stereocenters. The zero-order valence-electron chi connectivity index (χ0n) is 20.1. The lowest BCUT2D eigenvalue weighted by molar-refractivity contribution is 0.307. The maximum Gasteiger partial charge on any atom is 0.295 e. The van der Waals surface area contributed by atoms with Crippen LogP contribution in [0.3, 0.4) is 0 Å². The molecule has 0 aliphatic rings. The number of hydrogen-bond acceptors (Lipinski definition) is 3. The van der Waals surface area contributed by atoms with E-state index in [2.05, 4.69) is 12.1 Å². The second-order valence-corrected chi connectivity index (χ2v) is 10.2. The largest absolute Gasteiger partial charge is 0.488 e. The number of ether oxygens (including phenoxy) is 1. The maximum absolute atomic E-state index is 12.5. The van der Waals surface area contributed by atoms with Crippen molar-refractivity contribution in [3.8, 4) is 16.9 Å². The van der Waals surface area contributed by atoms with Gasteiger partial charge in [-0.25, -0.2) is 0 Å². The first-order valence-corrected chi connectivity index (χ1v) is 13.2. The van der Waals surface area contributed by atoms with Crippen LogP contribution in [-0.4, -0.2) is 13.0 Å². The summed E-state index contributed by atoms with van der Waals surface area (Å²) in [4.78, 5) is -0.0898. The van der Waals surface area contributed by atoms with Crippen molar-refractivity contribution in [3.63, 3.8) is 0 Å². The van der Waals surface area contributed by atoms with E-state index in [4.69, 9.17) is 4.74 Å². The molecule has 4 aromatic carbocycles. The zero-order chi connectivity index (χ0) is 24.8. The standard InChI is InChI=1S/C30H30O4S/c1-22-16-18-28(34-21-25-12-7-4-8-13-25)27(20-22)30-26(15-9-14-24-10-5-3-6-11-24)23(2)17-19-29(30)35(31,32)33/h3-8,10-13,16-20H,9,14-15,21H2,1-2H3,(H,31,32,33). The van der Waals surface area contributed by atoms with Gasteiger partial charge in [-0.2, -0.15) is 8.42 Å². The molecule has 0 fully saturated rings. The first kappa shape index (κ1) is 24.7. The Balaban J connectivity index is 1.77. The predicted molar refractivity (Wildman–Crippen MR) is 140 cm³/mol. The van der Waals surface area contributed by atoms with Crippen LogP contribution < -0.4 is 4.74 Å². The third kappa shape index (κ3) is 6.18. The molecule has 4 aromatic rings. The second-order valence-electron chi connectivity index (χ2n) is 8.82. The second kappa shape index (κ2) is 10.9. The van der Waals surface area contributed by atoms with Crippen molar-refractivity contribution in [2.75, 3.05) is 0 Å². The van der Waals surface area contributed by atoms with E-state index in [9.17, 15) is 13.0 Å². The lowest BCUT2D eigenvalue weighted by Crippen LogP contribution is -2.07. The molecule has 0 aromatic heterocycles. The van der Waals surface area contributed by atoms with Crippen LogP contribution in [0.1, 0.15) is 34.2 Å². The third-order valence-corrected chi connectivity index (χ3v) is 7.06. The van der Waals surface area contributed by atoms with E-state index in [1.54, 1.807) is 6.07 Å². The molecule has 180 valence electrons. The zero-order valence-corrected chi connectivity index (χ0v) is 20.9. The molecule has 0 amide bonds. The van der Waals surface area contributed by atoms with Crippen molar-refractivity contribution in [1.82, 2.24) is 0 Å². The quantitative estimate of drug-likeness (QED) is 0.260. The van der Waals surface area contributed by atoms with Crippen LogP contribution in [0.5, 0.6) is 5.75 Å². The lowest BCUT2D eigenvalue weighted by Gasteiger charge is -2.20. The highest BCUT2D eigenvalue weighted by atomic mass is 32.2. The maximum atomic E-state index is 12.5. The number of benzene rings is 4. The van der Waals surface area contributed by atoms with Crippen molar-refractivity contribution in [2.45, 2.75) is 44.6 Å². The van der Waals surface area contributed by atoms with Gasteiger partial charge in [-0.1, -0.05) is 78.4 Å². The summed E-state index contributed by atoms with van der Waals surface area (Å²) in [5.74, 6) is 0.583. The molecule has 0 aliphatic heterocycles. The highest BCUT2D eigenvalue weighted by molar-refractivity contribution is 7.86. The molecule has 0 heterocycles. The number of hydrogen-bond donors (Lipinski definition) is 1. The van der Waals surface area contributed by atoms with Gasteiger partial charge in [-0.15, -0.1) is 0 Å². The van der Waals surface area contributed by atoms with E-state index >= 15 is 0 Å². The van der Waals surface area contributed by atoms with Crippen LogP contribution in [0.4, 0.5) is 0 Å². The Morgan fingerprint density at radius 1 is 0.771 bits per heavy atom. The summed E-state index contributed by atoms with van der Waals surface area (Å²) in [5, 5.41) is 0. The molecule has 0 saturated carbocycles. The van der Waals surface area contributed by atoms with Crippen molar-refractivity contribution in [3.05, 3.63) is 119 Å². The van der Waals surface area contributed by atoms with Crippen LogP contribution in [0.25, 0.3) is 11.1 Å². The SMILES string of the molecule is Cc1ccc(OCc2ccccc2)c(-c2c(S(=O)(=O)O)ccc(C)c2CCCc2ccccc2)c1. The minimum atomic E-state index is -4.45. The fourth-order valence-electron chi connectivity index (χ4n) is 4.38. The Bertz CT molecular complexity index is 1400. The first-order chi connectivity index (χ1) is 16.8. The average molecular weight is 487 g/mol. The Hall–Kier alpha value is -3.41. The van der Waals surface area contributed by atoms with E-state index in [1.807, 2.05) is 80.6 Å². The van der Waals surface area contributed by atoms with Crippen LogP contribution >= 0.6 is 0 Å². The summed E-state index contributed by atoms with van der Waals surface area (Å²) in [6.45, 7) is 4.30. The molecule has 35 heavy (non-hydrogen) atoms. The summed E-state index contributed by atoms with van der Waals surface area (Å²) >= 11 is 0. The molecular weight excluding hydrogens is 456 g/mol. The predicted octanol–water partition coefficient (Wildman–Crippen LogP) is 6.97. The van der Waals surface area contributed by atoms with E-state index in [-0.39, 0.29) is 4.90 Å². The normalized spacial score (nSPS) is 11.4. The van der Waals surface area contributed by atoms with Gasteiger partial charge in [0.05, 0.1) is 0 Å². The highest BCUT2D eigenvalue weighted by Crippen LogP contribution is 2.40. The molecular formula is C30H30O4S. The minimum absolute atomic E-state index is 0.0898. The molecule has 0 atom stereocenters. The van der Waals surface area contributed by atoms with Gasteiger partial charge in [0.2, 0.25) is 0 Å². The molecule has 5 heteroatoms. The Morgan fingerprint density at radius 3 is 2.09 bits per heavy atom. The summed E-state index contributed by atoms with van der Waals surface area (Å²) in [5.41, 5.74) is 6.31. The van der Waals surface area contributed by atoms with E-state index < -0.39 is 10.1 Å². The van der Waals surface area contributed by atoms with Crippen molar-refractivity contribution >= 4 is 10.1 Å². The van der Waals surface area contributed by atoms with Crippen molar-refractivity contribution in [2.24, 2.45) is 0 Å². The Labute approximate surface area is 208 Å². The molecule has 0 radical (unpaired) electrons. The Kier molecular flexibility index (Phi) is 7.69. The van der Waals surface area contributed by atoms with E-state index in [1.165, 1.54) is 11.6 Å². The van der Waals surface area contributed by atoms with E-state index in [0.29, 0.717) is 29.9 Å². The van der Waals surface area contributed by atoms with Gasteiger partial charge in [0, 0.05) is 11.1 Å². The van der Waals surface area contributed by atoms with Crippen LogP contribution in [0, 0.1) is 13.8 Å². The van der Waals surface area contributed by atoms with Crippen molar-refractivity contribution in [1.29, 1.82) is 0 Å². The van der Waals surface area contributed by atoms with Gasteiger partial charge in [0.1, 0.15) is 17.3 Å². The fourth-order valence-corrected chi connectivity index (χ4v) is 5.11. The molecule has 0 saturated heterocycles. The van der Waals surface area contributed by atoms with Crippen LogP contribution in [-0.2, 0) is 29.6 Å².